The maximum Gasteiger partial charge on any atom is 0.174 e. The van der Waals surface area contributed by atoms with Crippen molar-refractivity contribution in [2.45, 2.75) is 20.4 Å². The lowest BCUT2D eigenvalue weighted by atomic mass is 10.2. The van der Waals surface area contributed by atoms with Gasteiger partial charge >= 0.3 is 0 Å². The van der Waals surface area contributed by atoms with Gasteiger partial charge in [0.15, 0.2) is 11.5 Å². The van der Waals surface area contributed by atoms with Crippen LogP contribution >= 0.6 is 22.6 Å². The lowest BCUT2D eigenvalue weighted by Gasteiger charge is -2.14. The number of benzene rings is 2. The van der Waals surface area contributed by atoms with E-state index in [1.165, 1.54) is 11.1 Å². The maximum absolute atomic E-state index is 5.66. The van der Waals surface area contributed by atoms with Crippen molar-refractivity contribution in [3.63, 3.8) is 0 Å². The van der Waals surface area contributed by atoms with Gasteiger partial charge in [-0.25, -0.2) is 0 Å². The van der Waals surface area contributed by atoms with E-state index in [0.717, 1.165) is 27.3 Å². The minimum atomic E-state index is 0.626. The summed E-state index contributed by atoms with van der Waals surface area (Å²) >= 11 is 2.28. The van der Waals surface area contributed by atoms with E-state index in [-0.39, 0.29) is 0 Å². The van der Waals surface area contributed by atoms with Crippen LogP contribution in [0.15, 0.2) is 36.4 Å². The first-order valence-corrected chi connectivity index (χ1v) is 8.01. The summed E-state index contributed by atoms with van der Waals surface area (Å²) in [5, 5.41) is 3.44. The monoisotopic (exact) mass is 397 g/mol. The molecule has 0 aromatic heterocycles. The Balaban J connectivity index is 2.16. The van der Waals surface area contributed by atoms with Gasteiger partial charge < -0.3 is 14.8 Å². The fourth-order valence-corrected chi connectivity index (χ4v) is 3.03. The Labute approximate surface area is 139 Å². The standard InChI is InChI=1S/C17H20INO2/c1-4-21-16-10-13(9-15(18)17(16)20-3)11-19-14-7-5-6-12(2)8-14/h5-10,19H,4,11H2,1-3H3. The molecule has 1 N–H and O–H groups in total. The first-order valence-electron chi connectivity index (χ1n) is 6.93. The van der Waals surface area contributed by atoms with Gasteiger partial charge in [0.2, 0.25) is 0 Å². The second kappa shape index (κ2) is 7.54. The third-order valence-electron chi connectivity index (χ3n) is 3.09. The zero-order chi connectivity index (χ0) is 15.2. The summed E-state index contributed by atoms with van der Waals surface area (Å²) < 4.78 is 12.1. The lowest BCUT2D eigenvalue weighted by Crippen LogP contribution is -2.03. The first-order chi connectivity index (χ1) is 10.1. The molecule has 21 heavy (non-hydrogen) atoms. The maximum atomic E-state index is 5.66. The number of hydrogen-bond acceptors (Lipinski definition) is 3. The van der Waals surface area contributed by atoms with Crippen LogP contribution in [-0.2, 0) is 6.54 Å². The summed E-state index contributed by atoms with van der Waals surface area (Å²) in [5.74, 6) is 1.60. The van der Waals surface area contributed by atoms with Gasteiger partial charge in [0.05, 0.1) is 17.3 Å². The Morgan fingerprint density at radius 1 is 1.19 bits per heavy atom. The van der Waals surface area contributed by atoms with Crippen molar-refractivity contribution in [1.29, 1.82) is 0 Å². The summed E-state index contributed by atoms with van der Waals surface area (Å²) in [6, 6.07) is 12.5. The van der Waals surface area contributed by atoms with Crippen LogP contribution < -0.4 is 14.8 Å². The van der Waals surface area contributed by atoms with Gasteiger partial charge in [-0.3, -0.25) is 0 Å². The van der Waals surface area contributed by atoms with Crippen LogP contribution in [0, 0.1) is 10.5 Å². The molecule has 4 heteroatoms. The van der Waals surface area contributed by atoms with Crippen molar-refractivity contribution in [3.8, 4) is 11.5 Å². The second-order valence-electron chi connectivity index (χ2n) is 4.77. The van der Waals surface area contributed by atoms with Crippen LogP contribution in [0.2, 0.25) is 0 Å². The molecule has 0 saturated heterocycles. The van der Waals surface area contributed by atoms with Crippen molar-refractivity contribution in [3.05, 3.63) is 51.1 Å². The van der Waals surface area contributed by atoms with E-state index < -0.39 is 0 Å². The number of methoxy groups -OCH3 is 1. The quantitative estimate of drug-likeness (QED) is 0.722. The smallest absolute Gasteiger partial charge is 0.174 e. The third kappa shape index (κ3) is 4.27. The molecule has 0 aliphatic heterocycles. The van der Waals surface area contributed by atoms with Gasteiger partial charge in [-0.2, -0.15) is 0 Å². The van der Waals surface area contributed by atoms with Gasteiger partial charge in [0.25, 0.3) is 0 Å². The molecule has 2 aromatic carbocycles. The largest absolute Gasteiger partial charge is 0.492 e. The third-order valence-corrected chi connectivity index (χ3v) is 3.89. The number of rotatable bonds is 6. The number of anilines is 1. The first kappa shape index (κ1) is 15.9. The average Bonchev–Trinajstić information content (AvgIpc) is 2.45. The summed E-state index contributed by atoms with van der Waals surface area (Å²) in [6.45, 7) is 5.45. The molecule has 0 heterocycles. The minimum Gasteiger partial charge on any atom is -0.492 e. The Bertz CT molecular complexity index is 614. The molecular weight excluding hydrogens is 377 g/mol. The Morgan fingerprint density at radius 3 is 2.67 bits per heavy atom. The van der Waals surface area contributed by atoms with E-state index in [4.69, 9.17) is 9.47 Å². The highest BCUT2D eigenvalue weighted by atomic mass is 127. The average molecular weight is 397 g/mol. The van der Waals surface area contributed by atoms with Crippen LogP contribution in [-0.4, -0.2) is 13.7 Å². The van der Waals surface area contributed by atoms with E-state index in [0.29, 0.717) is 6.61 Å². The molecule has 3 nitrogen and oxygen atoms in total. The number of aryl methyl sites for hydroxylation is 1. The van der Waals surface area contributed by atoms with Crippen molar-refractivity contribution in [2.24, 2.45) is 0 Å². The highest BCUT2D eigenvalue weighted by molar-refractivity contribution is 14.1. The molecule has 0 fully saturated rings. The van der Waals surface area contributed by atoms with Crippen molar-refractivity contribution < 1.29 is 9.47 Å². The molecule has 0 aliphatic carbocycles. The molecule has 0 aliphatic rings. The molecule has 0 atom stereocenters. The molecule has 0 spiro atoms. The van der Waals surface area contributed by atoms with E-state index in [1.54, 1.807) is 7.11 Å². The molecule has 0 saturated carbocycles. The number of halogens is 1. The number of ether oxygens (including phenoxy) is 2. The van der Waals surface area contributed by atoms with E-state index in [2.05, 4.69) is 65.2 Å². The molecule has 2 aromatic rings. The van der Waals surface area contributed by atoms with E-state index >= 15 is 0 Å². The molecule has 112 valence electrons. The van der Waals surface area contributed by atoms with Crippen LogP contribution in [0.1, 0.15) is 18.1 Å². The fourth-order valence-electron chi connectivity index (χ4n) is 2.14. The number of hydrogen-bond donors (Lipinski definition) is 1. The molecule has 0 amide bonds. The lowest BCUT2D eigenvalue weighted by molar-refractivity contribution is 0.309. The predicted octanol–water partition coefficient (Wildman–Crippen LogP) is 4.62. The highest BCUT2D eigenvalue weighted by Gasteiger charge is 2.10. The van der Waals surface area contributed by atoms with Crippen LogP contribution in [0.3, 0.4) is 0 Å². The van der Waals surface area contributed by atoms with E-state index in [9.17, 15) is 0 Å². The normalized spacial score (nSPS) is 10.3. The Hall–Kier alpha value is -1.43. The summed E-state index contributed by atoms with van der Waals surface area (Å²) in [5.41, 5.74) is 3.54. The molecule has 2 rings (SSSR count). The minimum absolute atomic E-state index is 0.626. The fraction of sp³-hybridized carbons (Fsp3) is 0.294. The summed E-state index contributed by atoms with van der Waals surface area (Å²) in [6.07, 6.45) is 0. The molecule has 0 radical (unpaired) electrons. The molecule has 0 unspecified atom stereocenters. The van der Waals surface area contributed by atoms with Crippen molar-refractivity contribution in [2.75, 3.05) is 19.0 Å². The predicted molar refractivity (Wildman–Crippen MR) is 95.4 cm³/mol. The van der Waals surface area contributed by atoms with Crippen LogP contribution in [0.25, 0.3) is 0 Å². The van der Waals surface area contributed by atoms with Gasteiger partial charge in [-0.15, -0.1) is 0 Å². The van der Waals surface area contributed by atoms with E-state index in [1.807, 2.05) is 13.0 Å². The van der Waals surface area contributed by atoms with Gasteiger partial charge in [0.1, 0.15) is 0 Å². The second-order valence-corrected chi connectivity index (χ2v) is 5.93. The van der Waals surface area contributed by atoms with Gasteiger partial charge in [-0.1, -0.05) is 12.1 Å². The summed E-state index contributed by atoms with van der Waals surface area (Å²) in [4.78, 5) is 0. The summed E-state index contributed by atoms with van der Waals surface area (Å²) in [7, 11) is 1.67. The topological polar surface area (TPSA) is 30.5 Å². The highest BCUT2D eigenvalue weighted by Crippen LogP contribution is 2.34. The SMILES string of the molecule is CCOc1cc(CNc2cccc(C)c2)cc(I)c1OC. The van der Waals surface area contributed by atoms with Crippen LogP contribution in [0.4, 0.5) is 5.69 Å². The number of nitrogens with one attached hydrogen (secondary N) is 1. The Morgan fingerprint density at radius 2 is 2.00 bits per heavy atom. The Kier molecular flexibility index (Phi) is 5.73. The molecule has 0 bridgehead atoms. The van der Waals surface area contributed by atoms with Crippen LogP contribution in [0.5, 0.6) is 11.5 Å². The molecular formula is C17H20INO2. The van der Waals surface area contributed by atoms with Crippen molar-refractivity contribution >= 4 is 28.3 Å². The zero-order valence-electron chi connectivity index (χ0n) is 12.6. The van der Waals surface area contributed by atoms with Gasteiger partial charge in [0, 0.05) is 12.2 Å². The zero-order valence-corrected chi connectivity index (χ0v) is 14.7. The van der Waals surface area contributed by atoms with Crippen molar-refractivity contribution in [1.82, 2.24) is 0 Å². The van der Waals surface area contributed by atoms with Gasteiger partial charge in [-0.05, 0) is 71.8 Å².